The van der Waals surface area contributed by atoms with Crippen LogP contribution in [0.15, 0.2) is 94.6 Å². The third kappa shape index (κ3) is 6.86. The van der Waals surface area contributed by atoms with Gasteiger partial charge < -0.3 is 23.7 Å². The van der Waals surface area contributed by atoms with Gasteiger partial charge in [-0.25, -0.2) is 14.0 Å². The lowest BCUT2D eigenvalue weighted by atomic mass is 9.80. The third-order valence-electron chi connectivity index (χ3n) is 7.97. The Morgan fingerprint density at radius 3 is 1.91 bits per heavy atom. The molecule has 4 aromatic rings. The molecule has 3 aromatic carbocycles. The van der Waals surface area contributed by atoms with Crippen LogP contribution in [0.2, 0.25) is 0 Å². The van der Waals surface area contributed by atoms with Crippen LogP contribution in [0, 0.1) is 6.92 Å². The van der Waals surface area contributed by atoms with Gasteiger partial charge in [0.1, 0.15) is 41.2 Å². The molecule has 0 unspecified atom stereocenters. The fraction of sp³-hybridized carbons (Fsp3) is 0.361. The maximum absolute atomic E-state index is 15.8. The molecule has 11 heteroatoms. The van der Waals surface area contributed by atoms with Gasteiger partial charge in [0.15, 0.2) is 0 Å². The molecule has 0 aliphatic carbocycles. The molecule has 248 valence electrons. The largest absolute Gasteiger partial charge is 0.497 e. The number of aryl methyl sites for hydroxylation is 1. The molecule has 1 aromatic heterocycles. The van der Waals surface area contributed by atoms with Gasteiger partial charge in [0.2, 0.25) is 0 Å². The highest BCUT2D eigenvalue weighted by atomic mass is 18.2. The number of carbonyl (C=O) groups excluding carboxylic acids is 1. The number of hydrogen-bond donors (Lipinski definition) is 0. The van der Waals surface area contributed by atoms with Gasteiger partial charge in [-0.15, -0.1) is 0 Å². The lowest BCUT2D eigenvalue weighted by Crippen LogP contribution is -2.47. The van der Waals surface area contributed by atoms with Gasteiger partial charge in [0.25, 0.3) is 5.56 Å². The number of methoxy groups -OCH3 is 2. The molecule has 10 nitrogen and oxygen atoms in total. The average molecular weight is 646 g/mol. The van der Waals surface area contributed by atoms with Gasteiger partial charge in [0, 0.05) is 18.2 Å². The van der Waals surface area contributed by atoms with E-state index in [9.17, 15) is 14.4 Å². The van der Waals surface area contributed by atoms with Crippen LogP contribution in [-0.2, 0) is 19.8 Å². The number of ether oxygens (including phenoxy) is 5. The van der Waals surface area contributed by atoms with Crippen molar-refractivity contribution in [1.29, 1.82) is 0 Å². The summed E-state index contributed by atoms with van der Waals surface area (Å²) in [5.41, 5.74) is -1.56. The second kappa shape index (κ2) is 13.5. The lowest BCUT2D eigenvalue weighted by Gasteiger charge is -2.37. The second-order valence-corrected chi connectivity index (χ2v) is 12.3. The number of nitrogens with zero attached hydrogens (tertiary/aromatic N) is 2. The van der Waals surface area contributed by atoms with E-state index in [1.54, 1.807) is 35.0 Å². The zero-order valence-corrected chi connectivity index (χ0v) is 27.3. The summed E-state index contributed by atoms with van der Waals surface area (Å²) in [6.07, 6.45) is -3.78. The first kappa shape index (κ1) is 33.6. The summed E-state index contributed by atoms with van der Waals surface area (Å²) in [5, 5.41) is 0. The minimum absolute atomic E-state index is 0.0938. The van der Waals surface area contributed by atoms with Crippen LogP contribution in [0.4, 0.5) is 9.18 Å². The average Bonchev–Trinajstić information content (AvgIpc) is 3.43. The number of carbonyl (C=O) groups is 1. The van der Waals surface area contributed by atoms with Crippen LogP contribution in [0.25, 0.3) is 0 Å². The summed E-state index contributed by atoms with van der Waals surface area (Å²) < 4.78 is 46.2. The van der Waals surface area contributed by atoms with Crippen molar-refractivity contribution in [2.24, 2.45) is 0 Å². The van der Waals surface area contributed by atoms with Crippen LogP contribution in [0.5, 0.6) is 11.5 Å². The fourth-order valence-electron chi connectivity index (χ4n) is 5.66. The van der Waals surface area contributed by atoms with Crippen LogP contribution in [0.3, 0.4) is 0 Å². The molecular formula is C36H39FN2O8. The summed E-state index contributed by atoms with van der Waals surface area (Å²) in [6.45, 7) is 6.12. The monoisotopic (exact) mass is 645 g/mol. The smallest absolute Gasteiger partial charge is 0.425 e. The van der Waals surface area contributed by atoms with Gasteiger partial charge in [-0.05, 0) is 68.7 Å². The van der Waals surface area contributed by atoms with Crippen LogP contribution in [0.1, 0.15) is 55.7 Å². The Hall–Kier alpha value is -4.74. The lowest BCUT2D eigenvalue weighted by molar-refractivity contribution is -0.0870. The number of hydrogen-bond acceptors (Lipinski definition) is 8. The van der Waals surface area contributed by atoms with Crippen LogP contribution < -0.4 is 20.7 Å². The molecule has 0 radical (unpaired) electrons. The second-order valence-electron chi connectivity index (χ2n) is 12.3. The summed E-state index contributed by atoms with van der Waals surface area (Å²) in [7, 11) is 3.17. The molecule has 47 heavy (non-hydrogen) atoms. The van der Waals surface area contributed by atoms with Gasteiger partial charge in [-0.1, -0.05) is 54.6 Å². The third-order valence-corrected chi connectivity index (χ3v) is 7.97. The topological polar surface area (TPSA) is 107 Å². The number of alkyl halides is 1. The Labute approximate surface area is 272 Å². The first-order valence-electron chi connectivity index (χ1n) is 15.2. The van der Waals surface area contributed by atoms with E-state index in [-0.39, 0.29) is 18.6 Å². The molecule has 1 aliphatic rings. The molecule has 1 saturated heterocycles. The molecule has 0 spiro atoms. The zero-order valence-electron chi connectivity index (χ0n) is 27.3. The highest BCUT2D eigenvalue weighted by Gasteiger charge is 2.43. The van der Waals surface area contributed by atoms with Crippen molar-refractivity contribution < 1.29 is 32.9 Å². The molecule has 2 heterocycles. The van der Waals surface area contributed by atoms with Crippen molar-refractivity contribution in [2.75, 3.05) is 20.8 Å². The molecule has 5 rings (SSSR count). The quantitative estimate of drug-likeness (QED) is 0.212. The Morgan fingerprint density at radius 1 is 0.872 bits per heavy atom. The van der Waals surface area contributed by atoms with Gasteiger partial charge >= 0.3 is 11.8 Å². The van der Waals surface area contributed by atoms with Crippen LogP contribution in [-0.4, -0.2) is 53.9 Å². The van der Waals surface area contributed by atoms with Crippen molar-refractivity contribution in [3.8, 4) is 11.5 Å². The van der Waals surface area contributed by atoms with E-state index in [1.165, 1.54) is 13.1 Å². The minimum Gasteiger partial charge on any atom is -0.497 e. The van der Waals surface area contributed by atoms with E-state index in [0.717, 1.165) is 21.3 Å². The Bertz CT molecular complexity index is 1760. The SMILES string of the molecule is COc1ccc(C(OC[C@H]2O[C@@H](n3cc(C)c(=O)n(C(=O)OC(C)(C)C)c3=O)C[C@@H]2[18F])(c2ccccc2)c2ccc(OC)cc2)cc1. The maximum Gasteiger partial charge on any atom is 0.425 e. The fourth-order valence-corrected chi connectivity index (χ4v) is 5.66. The summed E-state index contributed by atoms with van der Waals surface area (Å²) in [5.74, 6) is 1.31. The number of rotatable bonds is 9. The van der Waals surface area contributed by atoms with Crippen molar-refractivity contribution in [2.45, 2.75) is 63.8 Å². The first-order valence-corrected chi connectivity index (χ1v) is 15.2. The molecular weight excluding hydrogens is 606 g/mol. The van der Waals surface area contributed by atoms with Crippen molar-refractivity contribution in [3.05, 3.63) is 128 Å². The van der Waals surface area contributed by atoms with Crippen molar-refractivity contribution in [1.82, 2.24) is 9.13 Å². The van der Waals surface area contributed by atoms with E-state index in [4.69, 9.17) is 23.7 Å². The maximum atomic E-state index is 15.8. The van der Waals surface area contributed by atoms with Crippen molar-refractivity contribution >= 4 is 6.09 Å². The first-order chi connectivity index (χ1) is 22.4. The van der Waals surface area contributed by atoms with E-state index in [1.807, 2.05) is 78.9 Å². The zero-order chi connectivity index (χ0) is 33.9. The van der Waals surface area contributed by atoms with Crippen LogP contribution >= 0.6 is 0 Å². The predicted molar refractivity (Wildman–Crippen MR) is 173 cm³/mol. The van der Waals surface area contributed by atoms with E-state index >= 15 is 4.39 Å². The van der Waals surface area contributed by atoms with Gasteiger partial charge in [-0.2, -0.15) is 4.57 Å². The molecule has 0 saturated carbocycles. The molecule has 1 fully saturated rings. The van der Waals surface area contributed by atoms with Crippen molar-refractivity contribution in [3.63, 3.8) is 0 Å². The predicted octanol–water partition coefficient (Wildman–Crippen LogP) is 5.75. The normalized spacial score (nSPS) is 18.1. The Balaban J connectivity index is 1.52. The van der Waals surface area contributed by atoms with E-state index in [2.05, 4.69) is 0 Å². The Kier molecular flexibility index (Phi) is 9.69. The van der Waals surface area contributed by atoms with E-state index in [0.29, 0.717) is 16.1 Å². The number of benzene rings is 3. The Morgan fingerprint density at radius 2 is 1.40 bits per heavy atom. The molecule has 0 amide bonds. The standard InChI is InChI=1S/C36H39FN2O8/c1-23-21-38(33(41)39(32(23)40)34(42)47-35(2,3)4)31-20-29(37)30(46-31)22-45-36(24-10-8-7-9-11-24,25-12-16-27(43-5)17-13-25)26-14-18-28(44-6)19-15-26/h7-19,21,29-31H,20,22H2,1-6H3/t29-,30+,31+/m0/s1/i37-1. The summed E-state index contributed by atoms with van der Waals surface area (Å²) >= 11 is 0. The minimum atomic E-state index is -1.53. The number of aromatic nitrogens is 2. The highest BCUT2D eigenvalue weighted by molar-refractivity contribution is 5.70. The summed E-state index contributed by atoms with van der Waals surface area (Å²) in [6, 6.07) is 24.4. The number of halogens is 1. The van der Waals surface area contributed by atoms with Gasteiger partial charge in [0.05, 0.1) is 20.8 Å². The van der Waals surface area contributed by atoms with E-state index < -0.39 is 47.0 Å². The molecule has 3 atom stereocenters. The molecule has 1 aliphatic heterocycles. The molecule has 0 N–H and O–H groups in total. The highest BCUT2D eigenvalue weighted by Crippen LogP contribution is 2.43. The van der Waals surface area contributed by atoms with Gasteiger partial charge in [-0.3, -0.25) is 9.36 Å². The molecule has 0 bridgehead atoms. The summed E-state index contributed by atoms with van der Waals surface area (Å²) in [4.78, 5) is 39.1.